The Morgan fingerprint density at radius 1 is 1.23 bits per heavy atom. The third-order valence-electron chi connectivity index (χ3n) is 6.00. The first-order valence-electron chi connectivity index (χ1n) is 10.6. The molecule has 1 N–H and O–H groups in total. The molecule has 2 aromatic heterocycles. The Bertz CT molecular complexity index is 1100. The summed E-state index contributed by atoms with van der Waals surface area (Å²) in [6.45, 7) is 7.34. The highest BCUT2D eigenvalue weighted by molar-refractivity contribution is 5.95. The molecule has 1 aromatic carbocycles. The highest BCUT2D eigenvalue weighted by atomic mass is 16.2. The molecule has 1 saturated heterocycles. The monoisotopic (exact) mass is 404 g/mol. The Morgan fingerprint density at radius 3 is 2.80 bits per heavy atom. The van der Waals surface area contributed by atoms with E-state index in [1.54, 1.807) is 17.0 Å². The van der Waals surface area contributed by atoms with Crippen molar-refractivity contribution in [3.63, 3.8) is 0 Å². The maximum Gasteiger partial charge on any atom is 0.268 e. The number of carbonyl (C=O) groups is 1. The Labute approximate surface area is 176 Å². The van der Waals surface area contributed by atoms with E-state index < -0.39 is 0 Å². The number of rotatable bonds is 4. The lowest BCUT2D eigenvalue weighted by Gasteiger charge is -2.32. The van der Waals surface area contributed by atoms with Crippen LogP contribution < -0.4 is 5.56 Å². The van der Waals surface area contributed by atoms with E-state index in [0.29, 0.717) is 24.6 Å². The van der Waals surface area contributed by atoms with Gasteiger partial charge in [0.05, 0.1) is 0 Å². The van der Waals surface area contributed by atoms with Gasteiger partial charge >= 0.3 is 0 Å². The average Bonchev–Trinajstić information content (AvgIpc) is 3.29. The van der Waals surface area contributed by atoms with Gasteiger partial charge in [0.15, 0.2) is 0 Å². The number of likely N-dealkylation sites (tertiary alicyclic amines) is 1. The lowest BCUT2D eigenvalue weighted by molar-refractivity contribution is 0.0703. The van der Waals surface area contributed by atoms with E-state index in [1.807, 2.05) is 42.2 Å². The second-order valence-electron chi connectivity index (χ2n) is 8.40. The molecule has 1 amide bonds. The number of nitrogens with zero attached hydrogens (tertiary/aromatic N) is 3. The minimum Gasteiger partial charge on any atom is -0.338 e. The van der Waals surface area contributed by atoms with E-state index in [2.05, 4.69) is 30.1 Å². The molecule has 3 heterocycles. The molecular weight excluding hydrogens is 376 g/mol. The molecule has 1 aliphatic heterocycles. The molecule has 1 unspecified atom stereocenters. The fraction of sp³-hybridized carbons (Fsp3) is 0.375. The minimum absolute atomic E-state index is 0.184. The predicted molar refractivity (Wildman–Crippen MR) is 117 cm³/mol. The third kappa shape index (κ3) is 3.82. The van der Waals surface area contributed by atoms with Crippen LogP contribution in [0.25, 0.3) is 5.69 Å². The van der Waals surface area contributed by atoms with Crippen molar-refractivity contribution in [2.75, 3.05) is 13.1 Å². The van der Waals surface area contributed by atoms with Gasteiger partial charge in [-0.1, -0.05) is 26.0 Å². The minimum atomic E-state index is -0.260. The van der Waals surface area contributed by atoms with Gasteiger partial charge in [-0.05, 0) is 61.1 Å². The maximum atomic E-state index is 13.4. The van der Waals surface area contributed by atoms with Gasteiger partial charge in [0, 0.05) is 42.8 Å². The molecule has 0 bridgehead atoms. The third-order valence-corrected chi connectivity index (χ3v) is 6.00. The zero-order valence-corrected chi connectivity index (χ0v) is 17.8. The second kappa shape index (κ2) is 8.30. The number of hydrogen-bond acceptors (Lipinski definition) is 3. The van der Waals surface area contributed by atoms with Crippen molar-refractivity contribution < 1.29 is 4.79 Å². The number of carbonyl (C=O) groups excluding carboxylic acids is 1. The fourth-order valence-corrected chi connectivity index (χ4v) is 4.19. The summed E-state index contributed by atoms with van der Waals surface area (Å²) in [7, 11) is 0. The Hall–Kier alpha value is -3.15. The number of pyridine rings is 1. The topological polar surface area (TPSA) is 71.0 Å². The number of hydrogen-bond donors (Lipinski definition) is 1. The number of piperidine rings is 1. The highest BCUT2D eigenvalue weighted by Crippen LogP contribution is 2.26. The van der Waals surface area contributed by atoms with Gasteiger partial charge in [0.2, 0.25) is 0 Å². The maximum absolute atomic E-state index is 13.4. The van der Waals surface area contributed by atoms with Crippen molar-refractivity contribution in [3.05, 3.63) is 81.5 Å². The van der Waals surface area contributed by atoms with Crippen LogP contribution in [0.4, 0.5) is 0 Å². The lowest BCUT2D eigenvalue weighted by Crippen LogP contribution is -2.42. The number of amides is 1. The normalized spacial score (nSPS) is 16.8. The van der Waals surface area contributed by atoms with Crippen molar-refractivity contribution in [1.29, 1.82) is 0 Å². The van der Waals surface area contributed by atoms with Crippen molar-refractivity contribution >= 4 is 5.91 Å². The van der Waals surface area contributed by atoms with Gasteiger partial charge in [-0.3, -0.25) is 19.3 Å². The molecule has 0 spiro atoms. The number of H-pyrrole nitrogens is 1. The molecule has 1 aliphatic rings. The fourth-order valence-electron chi connectivity index (χ4n) is 4.19. The molecular formula is C24H28N4O2. The summed E-state index contributed by atoms with van der Waals surface area (Å²) in [4.78, 5) is 28.6. The quantitative estimate of drug-likeness (QED) is 0.714. The highest BCUT2D eigenvalue weighted by Gasteiger charge is 2.29. The van der Waals surface area contributed by atoms with Crippen molar-refractivity contribution in [2.24, 2.45) is 0 Å². The summed E-state index contributed by atoms with van der Waals surface area (Å²) in [6.07, 6.45) is 5.41. The number of aromatic amines is 1. The predicted octanol–water partition coefficient (Wildman–Crippen LogP) is 4.01. The molecule has 1 fully saturated rings. The second-order valence-corrected chi connectivity index (χ2v) is 8.40. The summed E-state index contributed by atoms with van der Waals surface area (Å²) in [5.74, 6) is 0.398. The van der Waals surface area contributed by atoms with E-state index in [-0.39, 0.29) is 22.9 Å². The zero-order valence-electron chi connectivity index (χ0n) is 17.8. The number of aromatic nitrogens is 3. The van der Waals surface area contributed by atoms with Crippen LogP contribution in [0.2, 0.25) is 0 Å². The number of benzene rings is 1. The van der Waals surface area contributed by atoms with Gasteiger partial charge in [0.25, 0.3) is 11.5 Å². The van der Waals surface area contributed by atoms with Gasteiger partial charge < -0.3 is 4.90 Å². The molecule has 6 nitrogen and oxygen atoms in total. The Kier molecular flexibility index (Phi) is 5.57. The summed E-state index contributed by atoms with van der Waals surface area (Å²) in [5, 5.41) is 7.06. The van der Waals surface area contributed by atoms with E-state index in [4.69, 9.17) is 0 Å². The van der Waals surface area contributed by atoms with Crippen molar-refractivity contribution in [3.8, 4) is 5.69 Å². The van der Waals surface area contributed by atoms with E-state index in [1.165, 1.54) is 0 Å². The number of nitrogens with one attached hydrogen (secondary N) is 1. The van der Waals surface area contributed by atoms with Crippen molar-refractivity contribution in [1.82, 2.24) is 19.7 Å². The summed E-state index contributed by atoms with van der Waals surface area (Å²) >= 11 is 0. The molecule has 156 valence electrons. The van der Waals surface area contributed by atoms with Crippen LogP contribution >= 0.6 is 0 Å². The van der Waals surface area contributed by atoms with Gasteiger partial charge in [-0.2, -0.15) is 5.10 Å². The molecule has 0 radical (unpaired) electrons. The first-order chi connectivity index (χ1) is 14.5. The van der Waals surface area contributed by atoms with Crippen molar-refractivity contribution in [2.45, 2.75) is 45.4 Å². The smallest absolute Gasteiger partial charge is 0.268 e. The SMILES string of the molecule is Cc1ccn(-c2cccc(C(C)C)c2)c(=O)c1C(=O)N1CCCC(c2ccn[nH]2)C1. The molecule has 1 atom stereocenters. The van der Waals surface area contributed by atoms with E-state index in [0.717, 1.165) is 29.8 Å². The summed E-state index contributed by atoms with van der Waals surface area (Å²) < 4.78 is 1.59. The molecule has 0 saturated carbocycles. The van der Waals surface area contributed by atoms with Crippen LogP contribution in [-0.2, 0) is 0 Å². The van der Waals surface area contributed by atoms with Crippen LogP contribution in [0.3, 0.4) is 0 Å². The van der Waals surface area contributed by atoms with Crippen LogP contribution in [0.5, 0.6) is 0 Å². The summed E-state index contributed by atoms with van der Waals surface area (Å²) in [5.41, 5.74) is 3.70. The van der Waals surface area contributed by atoms with Gasteiger partial charge in [-0.15, -0.1) is 0 Å². The summed E-state index contributed by atoms with van der Waals surface area (Å²) in [6, 6.07) is 11.8. The molecule has 30 heavy (non-hydrogen) atoms. The van der Waals surface area contributed by atoms with E-state index in [9.17, 15) is 9.59 Å². The van der Waals surface area contributed by atoms with Crippen LogP contribution in [-0.4, -0.2) is 38.7 Å². The molecule has 3 aromatic rings. The van der Waals surface area contributed by atoms with Crippen LogP contribution in [0, 0.1) is 6.92 Å². The Morgan fingerprint density at radius 2 is 2.07 bits per heavy atom. The average molecular weight is 405 g/mol. The standard InChI is InChI=1S/C24H28N4O2/c1-16(2)18-6-4-8-20(14-18)28-13-10-17(3)22(24(28)30)23(29)27-12-5-7-19(15-27)21-9-11-25-26-21/h4,6,8-11,13-14,16,19H,5,7,12,15H2,1-3H3,(H,25,26). The molecule has 0 aliphatic carbocycles. The largest absolute Gasteiger partial charge is 0.338 e. The van der Waals surface area contributed by atoms with Gasteiger partial charge in [0.1, 0.15) is 5.56 Å². The lowest BCUT2D eigenvalue weighted by atomic mass is 9.94. The molecule has 6 heteroatoms. The first-order valence-corrected chi connectivity index (χ1v) is 10.6. The van der Waals surface area contributed by atoms with Gasteiger partial charge in [-0.25, -0.2) is 0 Å². The zero-order chi connectivity index (χ0) is 21.3. The molecule has 4 rings (SSSR count). The van der Waals surface area contributed by atoms with E-state index >= 15 is 0 Å². The van der Waals surface area contributed by atoms with Crippen LogP contribution in [0.1, 0.15) is 65.7 Å². The Balaban J connectivity index is 1.67. The first kappa shape index (κ1) is 20.1. The number of aryl methyl sites for hydroxylation is 1. The van der Waals surface area contributed by atoms with Crippen LogP contribution in [0.15, 0.2) is 53.6 Å².